The summed E-state index contributed by atoms with van der Waals surface area (Å²) in [5, 5.41) is 2.64. The van der Waals surface area contributed by atoms with Crippen molar-refractivity contribution in [1.29, 1.82) is 0 Å². The molecule has 26 heavy (non-hydrogen) atoms. The van der Waals surface area contributed by atoms with E-state index in [2.05, 4.69) is 5.32 Å². The molecule has 0 unspecified atom stereocenters. The number of benzene rings is 2. The summed E-state index contributed by atoms with van der Waals surface area (Å²) >= 11 is 0. The lowest BCUT2D eigenvalue weighted by Gasteiger charge is -2.29. The van der Waals surface area contributed by atoms with Crippen LogP contribution in [0.2, 0.25) is 0 Å². The molecule has 138 valence electrons. The Morgan fingerprint density at radius 3 is 2.50 bits per heavy atom. The first-order chi connectivity index (χ1) is 12.5. The minimum absolute atomic E-state index is 0.0717. The minimum atomic E-state index is -0.549. The molecule has 0 radical (unpaired) electrons. The van der Waals surface area contributed by atoms with Gasteiger partial charge in [0.2, 0.25) is 0 Å². The van der Waals surface area contributed by atoms with Crippen molar-refractivity contribution in [2.75, 3.05) is 20.8 Å². The Bertz CT molecular complexity index is 827. The minimum Gasteiger partial charge on any atom is -0.493 e. The van der Waals surface area contributed by atoms with E-state index in [-0.39, 0.29) is 18.1 Å². The first kappa shape index (κ1) is 18.0. The van der Waals surface area contributed by atoms with E-state index in [0.717, 1.165) is 29.3 Å². The molecular formula is C19H20F2N2O3. The Hall–Kier alpha value is -2.83. The number of nitrogens with one attached hydrogen (secondary N) is 1. The van der Waals surface area contributed by atoms with Gasteiger partial charge in [0.1, 0.15) is 11.6 Å². The second-order valence-electron chi connectivity index (χ2n) is 6.04. The maximum Gasteiger partial charge on any atom is 0.317 e. The molecule has 1 aliphatic heterocycles. The summed E-state index contributed by atoms with van der Waals surface area (Å²) in [5.74, 6) is 0.178. The lowest BCUT2D eigenvalue weighted by Crippen LogP contribution is -2.42. The zero-order chi connectivity index (χ0) is 18.7. The molecule has 0 fully saturated rings. The molecule has 0 aliphatic carbocycles. The number of carbonyl (C=O) groups is 1. The maximum absolute atomic E-state index is 13.7. The topological polar surface area (TPSA) is 50.8 Å². The van der Waals surface area contributed by atoms with E-state index in [1.807, 2.05) is 12.1 Å². The van der Waals surface area contributed by atoms with E-state index in [1.54, 1.807) is 19.1 Å². The Kier molecular flexibility index (Phi) is 5.25. The van der Waals surface area contributed by atoms with Crippen LogP contribution in [-0.2, 0) is 19.5 Å². The van der Waals surface area contributed by atoms with E-state index in [4.69, 9.17) is 9.47 Å². The number of nitrogens with zero attached hydrogens (tertiary/aromatic N) is 1. The molecule has 0 saturated heterocycles. The standard InChI is InChI=1S/C19H20F2N2O3/c1-25-17-8-12-5-6-23(11-14(12)9-18(17)26-2)19(24)22-10-13-7-15(20)3-4-16(13)21/h3-4,7-9H,5-6,10-11H2,1-2H3,(H,22,24). The van der Waals surface area contributed by atoms with Crippen LogP contribution in [0.3, 0.4) is 0 Å². The van der Waals surface area contributed by atoms with Crippen LogP contribution in [0.15, 0.2) is 30.3 Å². The van der Waals surface area contributed by atoms with Crippen molar-refractivity contribution in [2.45, 2.75) is 19.5 Å². The molecule has 0 atom stereocenters. The first-order valence-corrected chi connectivity index (χ1v) is 8.22. The van der Waals surface area contributed by atoms with E-state index >= 15 is 0 Å². The number of hydrogen-bond donors (Lipinski definition) is 1. The molecule has 7 heteroatoms. The summed E-state index contributed by atoms with van der Waals surface area (Å²) in [6.07, 6.45) is 0.678. The number of ether oxygens (including phenoxy) is 2. The quantitative estimate of drug-likeness (QED) is 0.908. The summed E-state index contributed by atoms with van der Waals surface area (Å²) in [7, 11) is 3.14. The van der Waals surface area contributed by atoms with Gasteiger partial charge in [0.05, 0.1) is 14.2 Å². The van der Waals surface area contributed by atoms with Crippen LogP contribution in [0.25, 0.3) is 0 Å². The van der Waals surface area contributed by atoms with Crippen molar-refractivity contribution >= 4 is 6.03 Å². The fraction of sp³-hybridized carbons (Fsp3) is 0.316. The third kappa shape index (κ3) is 3.71. The van der Waals surface area contributed by atoms with Gasteiger partial charge in [0, 0.05) is 25.2 Å². The SMILES string of the molecule is COc1cc2c(cc1OC)CN(C(=O)NCc1cc(F)ccc1F)CC2. The van der Waals surface area contributed by atoms with Crippen molar-refractivity contribution in [3.05, 3.63) is 58.7 Å². The van der Waals surface area contributed by atoms with E-state index in [0.29, 0.717) is 31.0 Å². The van der Waals surface area contributed by atoms with E-state index < -0.39 is 11.6 Å². The van der Waals surface area contributed by atoms with Crippen molar-refractivity contribution in [3.63, 3.8) is 0 Å². The number of hydrogen-bond acceptors (Lipinski definition) is 3. The summed E-state index contributed by atoms with van der Waals surface area (Å²) in [6, 6.07) is 6.63. The number of methoxy groups -OCH3 is 2. The molecule has 2 amide bonds. The summed E-state index contributed by atoms with van der Waals surface area (Å²) in [4.78, 5) is 14.0. The number of carbonyl (C=O) groups excluding carboxylic acids is 1. The molecule has 0 saturated carbocycles. The van der Waals surface area contributed by atoms with Gasteiger partial charge in [-0.2, -0.15) is 0 Å². The van der Waals surface area contributed by atoms with Crippen LogP contribution in [0.1, 0.15) is 16.7 Å². The highest BCUT2D eigenvalue weighted by Crippen LogP contribution is 2.33. The van der Waals surface area contributed by atoms with Gasteiger partial charge in [-0.1, -0.05) is 0 Å². The van der Waals surface area contributed by atoms with Crippen molar-refractivity contribution < 1.29 is 23.0 Å². The first-order valence-electron chi connectivity index (χ1n) is 8.22. The highest BCUT2D eigenvalue weighted by Gasteiger charge is 2.23. The van der Waals surface area contributed by atoms with E-state index in [1.165, 1.54) is 0 Å². The third-order valence-electron chi connectivity index (χ3n) is 4.44. The van der Waals surface area contributed by atoms with Gasteiger partial charge >= 0.3 is 6.03 Å². The average Bonchev–Trinajstić information content (AvgIpc) is 2.66. The van der Waals surface area contributed by atoms with E-state index in [9.17, 15) is 13.6 Å². The van der Waals surface area contributed by atoms with Crippen LogP contribution < -0.4 is 14.8 Å². The zero-order valence-corrected chi connectivity index (χ0v) is 14.6. The van der Waals surface area contributed by atoms with Gasteiger partial charge in [0.15, 0.2) is 11.5 Å². The fourth-order valence-electron chi connectivity index (χ4n) is 3.02. The van der Waals surface area contributed by atoms with Crippen LogP contribution in [-0.4, -0.2) is 31.7 Å². The lowest BCUT2D eigenvalue weighted by atomic mass is 9.99. The van der Waals surface area contributed by atoms with Gasteiger partial charge in [-0.3, -0.25) is 0 Å². The maximum atomic E-state index is 13.7. The van der Waals surface area contributed by atoms with Gasteiger partial charge in [-0.15, -0.1) is 0 Å². The Balaban J connectivity index is 1.68. The number of amides is 2. The van der Waals surface area contributed by atoms with Crippen LogP contribution in [0.4, 0.5) is 13.6 Å². The lowest BCUT2D eigenvalue weighted by molar-refractivity contribution is 0.191. The predicted molar refractivity (Wildman–Crippen MR) is 92.3 cm³/mol. The van der Waals surface area contributed by atoms with Crippen molar-refractivity contribution in [3.8, 4) is 11.5 Å². The molecule has 0 bridgehead atoms. The van der Waals surface area contributed by atoms with Gasteiger partial charge in [0.25, 0.3) is 0 Å². The average molecular weight is 362 g/mol. The van der Waals surface area contributed by atoms with Crippen LogP contribution in [0, 0.1) is 11.6 Å². The normalized spacial score (nSPS) is 13.2. The van der Waals surface area contributed by atoms with Gasteiger partial charge in [-0.05, 0) is 47.9 Å². The summed E-state index contributed by atoms with van der Waals surface area (Å²) < 4.78 is 37.5. The Morgan fingerprint density at radius 1 is 1.12 bits per heavy atom. The molecule has 1 heterocycles. The molecule has 5 nitrogen and oxygen atoms in total. The van der Waals surface area contributed by atoms with Gasteiger partial charge in [-0.25, -0.2) is 13.6 Å². The highest BCUT2D eigenvalue weighted by atomic mass is 19.1. The molecular weight excluding hydrogens is 342 g/mol. The second-order valence-corrected chi connectivity index (χ2v) is 6.04. The smallest absolute Gasteiger partial charge is 0.317 e. The molecule has 0 spiro atoms. The number of halogens is 2. The molecule has 0 aromatic heterocycles. The largest absolute Gasteiger partial charge is 0.493 e. The monoisotopic (exact) mass is 362 g/mol. The van der Waals surface area contributed by atoms with Crippen LogP contribution >= 0.6 is 0 Å². The highest BCUT2D eigenvalue weighted by molar-refractivity contribution is 5.74. The van der Waals surface area contributed by atoms with Crippen molar-refractivity contribution in [2.24, 2.45) is 0 Å². The molecule has 2 aromatic rings. The molecule has 2 aromatic carbocycles. The summed E-state index contributed by atoms with van der Waals surface area (Å²) in [6.45, 7) is 0.866. The predicted octanol–water partition coefficient (Wildman–Crippen LogP) is 3.25. The number of urea groups is 1. The summed E-state index contributed by atoms with van der Waals surface area (Å²) in [5.41, 5.74) is 2.19. The second kappa shape index (κ2) is 7.59. The third-order valence-corrected chi connectivity index (χ3v) is 4.44. The fourth-order valence-corrected chi connectivity index (χ4v) is 3.02. The molecule has 1 aliphatic rings. The zero-order valence-electron chi connectivity index (χ0n) is 14.6. The number of rotatable bonds is 4. The van der Waals surface area contributed by atoms with Crippen LogP contribution in [0.5, 0.6) is 11.5 Å². The van der Waals surface area contributed by atoms with Gasteiger partial charge < -0.3 is 19.7 Å². The Morgan fingerprint density at radius 2 is 1.81 bits per heavy atom. The Labute approximate surface area is 150 Å². The number of fused-ring (bicyclic) bond motifs is 1. The molecule has 1 N–H and O–H groups in total. The molecule has 3 rings (SSSR count). The van der Waals surface area contributed by atoms with Crippen molar-refractivity contribution in [1.82, 2.24) is 10.2 Å².